The minimum absolute atomic E-state index is 0.0283. The number of alkyl carbamates (subject to hydrolysis) is 1. The Morgan fingerprint density at radius 2 is 1.82 bits per heavy atom. The van der Waals surface area contributed by atoms with Crippen molar-refractivity contribution in [1.82, 2.24) is 5.32 Å². The maximum Gasteiger partial charge on any atom is 0.412 e. The standard InChI is InChI=1S/C15H17NO6/c1-3-21-13(17)9-12(14(18)20-2)16-15(19)22-10-11-7-5-4-6-8-11/h4-9H,3,10H2,1-2H3,(H,16,19)/b12-9+. The van der Waals surface area contributed by atoms with Crippen LogP contribution in [0, 0.1) is 0 Å². The van der Waals surface area contributed by atoms with E-state index >= 15 is 0 Å². The van der Waals surface area contributed by atoms with E-state index in [0.717, 1.165) is 18.7 Å². The van der Waals surface area contributed by atoms with Gasteiger partial charge in [0.25, 0.3) is 0 Å². The number of hydrogen-bond donors (Lipinski definition) is 1. The maximum absolute atomic E-state index is 11.7. The van der Waals surface area contributed by atoms with E-state index < -0.39 is 18.0 Å². The maximum atomic E-state index is 11.7. The second-order valence-electron chi connectivity index (χ2n) is 3.99. The minimum Gasteiger partial charge on any atom is -0.464 e. The number of carbonyl (C=O) groups excluding carboxylic acids is 3. The number of nitrogens with one attached hydrogen (secondary N) is 1. The van der Waals surface area contributed by atoms with E-state index in [4.69, 9.17) is 4.74 Å². The number of ether oxygens (including phenoxy) is 3. The monoisotopic (exact) mass is 307 g/mol. The van der Waals surface area contributed by atoms with Gasteiger partial charge in [-0.05, 0) is 12.5 Å². The second kappa shape index (κ2) is 9.17. The summed E-state index contributed by atoms with van der Waals surface area (Å²) in [6, 6.07) is 9.00. The molecule has 1 N–H and O–H groups in total. The van der Waals surface area contributed by atoms with E-state index in [9.17, 15) is 14.4 Å². The van der Waals surface area contributed by atoms with E-state index in [0.29, 0.717) is 0 Å². The van der Waals surface area contributed by atoms with E-state index in [1.54, 1.807) is 31.2 Å². The lowest BCUT2D eigenvalue weighted by Gasteiger charge is -2.09. The van der Waals surface area contributed by atoms with Crippen LogP contribution in [0.2, 0.25) is 0 Å². The Bertz CT molecular complexity index is 552. The molecule has 1 aromatic rings. The van der Waals surface area contributed by atoms with Crippen LogP contribution in [0.25, 0.3) is 0 Å². The zero-order chi connectivity index (χ0) is 16.4. The molecule has 1 rings (SSSR count). The topological polar surface area (TPSA) is 90.9 Å². The smallest absolute Gasteiger partial charge is 0.412 e. The van der Waals surface area contributed by atoms with Crippen molar-refractivity contribution in [2.45, 2.75) is 13.5 Å². The lowest BCUT2D eigenvalue weighted by molar-refractivity contribution is -0.139. The van der Waals surface area contributed by atoms with Gasteiger partial charge in [-0.3, -0.25) is 5.32 Å². The van der Waals surface area contributed by atoms with Crippen molar-refractivity contribution in [3.05, 3.63) is 47.7 Å². The lowest BCUT2D eigenvalue weighted by Crippen LogP contribution is -2.29. The minimum atomic E-state index is -0.885. The van der Waals surface area contributed by atoms with Gasteiger partial charge >= 0.3 is 18.0 Å². The van der Waals surface area contributed by atoms with E-state index in [-0.39, 0.29) is 18.9 Å². The molecular weight excluding hydrogens is 290 g/mol. The molecule has 0 aliphatic carbocycles. The predicted octanol–water partition coefficient (Wildman–Crippen LogP) is 1.53. The Morgan fingerprint density at radius 1 is 1.14 bits per heavy atom. The van der Waals surface area contributed by atoms with Crippen molar-refractivity contribution in [3.8, 4) is 0 Å². The first kappa shape index (κ1) is 17.2. The number of esters is 2. The zero-order valence-electron chi connectivity index (χ0n) is 12.3. The Morgan fingerprint density at radius 3 is 2.41 bits per heavy atom. The molecule has 0 bridgehead atoms. The molecule has 0 spiro atoms. The third kappa shape index (κ3) is 6.08. The Kier molecular flexibility index (Phi) is 7.18. The normalized spacial score (nSPS) is 10.5. The molecule has 0 unspecified atom stereocenters. The van der Waals surface area contributed by atoms with Crippen LogP contribution in [-0.2, 0) is 30.4 Å². The van der Waals surface area contributed by atoms with Crippen LogP contribution >= 0.6 is 0 Å². The number of carbonyl (C=O) groups is 3. The highest BCUT2D eigenvalue weighted by molar-refractivity contribution is 5.98. The number of methoxy groups -OCH3 is 1. The molecule has 0 fully saturated rings. The van der Waals surface area contributed by atoms with Gasteiger partial charge in [0.05, 0.1) is 19.8 Å². The Hall–Kier alpha value is -2.83. The molecule has 0 saturated carbocycles. The van der Waals surface area contributed by atoms with E-state index in [1.807, 2.05) is 6.07 Å². The number of hydrogen-bond acceptors (Lipinski definition) is 6. The van der Waals surface area contributed by atoms with Gasteiger partial charge in [-0.15, -0.1) is 0 Å². The molecule has 1 aromatic carbocycles. The molecule has 0 saturated heterocycles. The van der Waals surface area contributed by atoms with Gasteiger partial charge in [-0.25, -0.2) is 14.4 Å². The second-order valence-corrected chi connectivity index (χ2v) is 3.99. The molecule has 118 valence electrons. The fraction of sp³-hybridized carbons (Fsp3) is 0.267. The molecule has 0 aromatic heterocycles. The SMILES string of the molecule is CCOC(=O)/C=C(/NC(=O)OCc1ccccc1)C(=O)OC. The third-order valence-electron chi connectivity index (χ3n) is 2.40. The molecule has 0 atom stereocenters. The van der Waals surface area contributed by atoms with Gasteiger partial charge in [0.1, 0.15) is 12.3 Å². The lowest BCUT2D eigenvalue weighted by atomic mass is 10.2. The molecule has 0 aliphatic rings. The first-order valence-electron chi connectivity index (χ1n) is 6.51. The van der Waals surface area contributed by atoms with Gasteiger partial charge in [0.15, 0.2) is 0 Å². The Balaban J connectivity index is 2.63. The van der Waals surface area contributed by atoms with Crippen LogP contribution < -0.4 is 5.32 Å². The van der Waals surface area contributed by atoms with Crippen molar-refractivity contribution in [2.75, 3.05) is 13.7 Å². The third-order valence-corrected chi connectivity index (χ3v) is 2.40. The summed E-state index contributed by atoms with van der Waals surface area (Å²) >= 11 is 0. The zero-order valence-corrected chi connectivity index (χ0v) is 12.3. The first-order valence-corrected chi connectivity index (χ1v) is 6.51. The summed E-state index contributed by atoms with van der Waals surface area (Å²) in [4.78, 5) is 34.5. The molecule has 0 aliphatic heterocycles. The fourth-order valence-corrected chi connectivity index (χ4v) is 1.43. The quantitative estimate of drug-likeness (QED) is 0.487. The predicted molar refractivity (Wildman–Crippen MR) is 76.5 cm³/mol. The van der Waals surface area contributed by atoms with Crippen LogP contribution in [0.1, 0.15) is 12.5 Å². The summed E-state index contributed by atoms with van der Waals surface area (Å²) < 4.78 is 14.1. The van der Waals surface area contributed by atoms with Gasteiger partial charge in [0.2, 0.25) is 0 Å². The van der Waals surface area contributed by atoms with Crippen molar-refractivity contribution in [3.63, 3.8) is 0 Å². The summed E-state index contributed by atoms with van der Waals surface area (Å²) in [6.45, 7) is 1.79. The highest BCUT2D eigenvalue weighted by atomic mass is 16.6. The van der Waals surface area contributed by atoms with Crippen LogP contribution in [0.3, 0.4) is 0 Å². The van der Waals surface area contributed by atoms with E-state index in [1.165, 1.54) is 0 Å². The number of benzene rings is 1. The summed E-state index contributed by atoms with van der Waals surface area (Å²) in [5, 5.41) is 2.15. The molecule has 1 amide bonds. The summed E-state index contributed by atoms with van der Waals surface area (Å²) in [5.41, 5.74) is 0.422. The molecule has 7 nitrogen and oxygen atoms in total. The largest absolute Gasteiger partial charge is 0.464 e. The fourth-order valence-electron chi connectivity index (χ4n) is 1.43. The van der Waals surface area contributed by atoms with Crippen molar-refractivity contribution < 1.29 is 28.6 Å². The number of rotatable bonds is 6. The van der Waals surface area contributed by atoms with Gasteiger partial charge in [0, 0.05) is 0 Å². The average Bonchev–Trinajstić information content (AvgIpc) is 2.52. The highest BCUT2D eigenvalue weighted by Crippen LogP contribution is 2.02. The molecule has 7 heteroatoms. The molecule has 0 heterocycles. The molecule has 0 radical (unpaired) electrons. The van der Waals surface area contributed by atoms with Crippen LogP contribution in [0.5, 0.6) is 0 Å². The molecule has 22 heavy (non-hydrogen) atoms. The van der Waals surface area contributed by atoms with Gasteiger partial charge in [-0.1, -0.05) is 30.3 Å². The van der Waals surface area contributed by atoms with Gasteiger partial charge in [-0.2, -0.15) is 0 Å². The Labute approximate surface area is 127 Å². The number of amides is 1. The van der Waals surface area contributed by atoms with Crippen molar-refractivity contribution in [2.24, 2.45) is 0 Å². The average molecular weight is 307 g/mol. The van der Waals surface area contributed by atoms with Crippen LogP contribution in [0.15, 0.2) is 42.1 Å². The van der Waals surface area contributed by atoms with Crippen LogP contribution in [0.4, 0.5) is 4.79 Å². The van der Waals surface area contributed by atoms with E-state index in [2.05, 4.69) is 14.8 Å². The van der Waals surface area contributed by atoms with Gasteiger partial charge < -0.3 is 14.2 Å². The van der Waals surface area contributed by atoms with Crippen LogP contribution in [-0.4, -0.2) is 31.7 Å². The molecular formula is C15H17NO6. The summed E-state index contributed by atoms with van der Waals surface area (Å²) in [6.07, 6.45) is -0.0520. The summed E-state index contributed by atoms with van der Waals surface area (Å²) in [7, 11) is 1.12. The first-order chi connectivity index (χ1) is 10.6. The highest BCUT2D eigenvalue weighted by Gasteiger charge is 2.16. The van der Waals surface area contributed by atoms with Crippen molar-refractivity contribution in [1.29, 1.82) is 0 Å². The summed E-state index contributed by atoms with van der Waals surface area (Å²) in [5.74, 6) is -1.66. The van der Waals surface area contributed by atoms with Crippen molar-refractivity contribution >= 4 is 18.0 Å².